The first-order valence-corrected chi connectivity index (χ1v) is 6.75. The van der Waals surface area contributed by atoms with Gasteiger partial charge in [-0.15, -0.1) is 0 Å². The lowest BCUT2D eigenvalue weighted by atomic mass is 9.92. The van der Waals surface area contributed by atoms with Gasteiger partial charge in [-0.3, -0.25) is 0 Å². The third-order valence-electron chi connectivity index (χ3n) is 3.65. The van der Waals surface area contributed by atoms with Crippen LogP contribution in [0.25, 0.3) is 0 Å². The van der Waals surface area contributed by atoms with Crippen molar-refractivity contribution in [1.82, 2.24) is 0 Å². The lowest BCUT2D eigenvalue weighted by Gasteiger charge is -2.44. The molecule has 2 heterocycles. The van der Waals surface area contributed by atoms with Gasteiger partial charge >= 0.3 is 0 Å². The molecule has 2 atom stereocenters. The van der Waals surface area contributed by atoms with E-state index in [1.165, 1.54) is 11.3 Å². The first-order chi connectivity index (χ1) is 8.29. The molecule has 2 unspecified atom stereocenters. The van der Waals surface area contributed by atoms with E-state index in [9.17, 15) is 0 Å². The third kappa shape index (κ3) is 1.98. The number of methoxy groups -OCH3 is 1. The summed E-state index contributed by atoms with van der Waals surface area (Å²) in [6, 6.07) is 6.90. The summed E-state index contributed by atoms with van der Waals surface area (Å²) < 4.78 is 12.3. The molecule has 0 bridgehead atoms. The van der Waals surface area contributed by atoms with Gasteiger partial charge in [-0.1, -0.05) is 22.0 Å². The van der Waals surface area contributed by atoms with Gasteiger partial charge < -0.3 is 14.4 Å². The van der Waals surface area contributed by atoms with Crippen molar-refractivity contribution in [2.75, 3.05) is 31.8 Å². The van der Waals surface area contributed by atoms with Crippen LogP contribution < -0.4 is 4.90 Å². The molecule has 1 aromatic carbocycles. The van der Waals surface area contributed by atoms with Crippen molar-refractivity contribution < 1.29 is 9.47 Å². The molecule has 2 aliphatic heterocycles. The predicted molar refractivity (Wildman–Crippen MR) is 70.5 cm³/mol. The van der Waals surface area contributed by atoms with Crippen molar-refractivity contribution in [3.05, 3.63) is 28.2 Å². The Kier molecular flexibility index (Phi) is 3.11. The molecule has 4 heteroatoms. The van der Waals surface area contributed by atoms with Crippen LogP contribution in [0.2, 0.25) is 0 Å². The van der Waals surface area contributed by atoms with E-state index >= 15 is 0 Å². The summed E-state index contributed by atoms with van der Waals surface area (Å²) in [6.45, 7) is 2.61. The average molecular weight is 298 g/mol. The Morgan fingerprint density at radius 3 is 3.18 bits per heavy atom. The SMILES string of the molecule is COC1CC2COCCN2c2cc(Br)ccc21. The third-order valence-corrected chi connectivity index (χ3v) is 4.14. The van der Waals surface area contributed by atoms with E-state index in [0.29, 0.717) is 6.04 Å². The quantitative estimate of drug-likeness (QED) is 0.796. The Morgan fingerprint density at radius 1 is 1.47 bits per heavy atom. The zero-order valence-electron chi connectivity index (χ0n) is 9.86. The highest BCUT2D eigenvalue weighted by Gasteiger charge is 2.34. The first kappa shape index (κ1) is 11.5. The van der Waals surface area contributed by atoms with Gasteiger partial charge in [0.05, 0.1) is 25.4 Å². The van der Waals surface area contributed by atoms with Crippen molar-refractivity contribution in [3.8, 4) is 0 Å². The summed E-state index contributed by atoms with van der Waals surface area (Å²) in [5.74, 6) is 0. The summed E-state index contributed by atoms with van der Waals surface area (Å²) in [7, 11) is 1.79. The van der Waals surface area contributed by atoms with Gasteiger partial charge in [-0.2, -0.15) is 0 Å². The van der Waals surface area contributed by atoms with Crippen molar-refractivity contribution in [2.45, 2.75) is 18.6 Å². The van der Waals surface area contributed by atoms with Crippen LogP contribution in [0, 0.1) is 0 Å². The smallest absolute Gasteiger partial charge is 0.0861 e. The van der Waals surface area contributed by atoms with E-state index in [-0.39, 0.29) is 6.10 Å². The Bertz CT molecular complexity index is 424. The minimum absolute atomic E-state index is 0.195. The zero-order valence-corrected chi connectivity index (χ0v) is 11.4. The minimum atomic E-state index is 0.195. The van der Waals surface area contributed by atoms with E-state index in [4.69, 9.17) is 9.47 Å². The fraction of sp³-hybridized carbons (Fsp3) is 0.538. The van der Waals surface area contributed by atoms with Crippen molar-refractivity contribution >= 4 is 21.6 Å². The Morgan fingerprint density at radius 2 is 2.35 bits per heavy atom. The van der Waals surface area contributed by atoms with Gasteiger partial charge in [-0.25, -0.2) is 0 Å². The van der Waals surface area contributed by atoms with Crippen LogP contribution in [0.1, 0.15) is 18.1 Å². The van der Waals surface area contributed by atoms with Gasteiger partial charge in [0.15, 0.2) is 0 Å². The number of hydrogen-bond donors (Lipinski definition) is 0. The van der Waals surface area contributed by atoms with Crippen LogP contribution >= 0.6 is 15.9 Å². The van der Waals surface area contributed by atoms with E-state index < -0.39 is 0 Å². The molecule has 0 amide bonds. The van der Waals surface area contributed by atoms with Crippen LogP contribution in [0.15, 0.2) is 22.7 Å². The molecule has 0 spiro atoms. The molecule has 0 saturated carbocycles. The largest absolute Gasteiger partial charge is 0.377 e. The molecule has 0 N–H and O–H groups in total. The van der Waals surface area contributed by atoms with Gasteiger partial charge in [0.25, 0.3) is 0 Å². The summed E-state index contributed by atoms with van der Waals surface area (Å²) >= 11 is 3.55. The molecule has 2 aliphatic rings. The maximum absolute atomic E-state index is 5.61. The molecular formula is C13H16BrNO2. The van der Waals surface area contributed by atoms with Gasteiger partial charge in [-0.05, 0) is 12.1 Å². The second-order valence-electron chi connectivity index (χ2n) is 4.59. The lowest BCUT2D eigenvalue weighted by Crippen LogP contribution is -2.49. The molecule has 17 heavy (non-hydrogen) atoms. The Balaban J connectivity index is 2.04. The monoisotopic (exact) mass is 297 g/mol. The molecule has 0 aliphatic carbocycles. The van der Waals surface area contributed by atoms with Gasteiger partial charge in [0, 0.05) is 35.8 Å². The van der Waals surface area contributed by atoms with Crippen molar-refractivity contribution in [3.63, 3.8) is 0 Å². The summed E-state index contributed by atoms with van der Waals surface area (Å²) in [6.07, 6.45) is 1.21. The molecule has 0 aromatic heterocycles. The summed E-state index contributed by atoms with van der Waals surface area (Å²) in [5, 5.41) is 0. The summed E-state index contributed by atoms with van der Waals surface area (Å²) in [5.41, 5.74) is 2.60. The standard InChI is InChI=1S/C13H16BrNO2/c1-16-13-7-10-8-17-5-4-15(10)12-6-9(14)2-3-11(12)13/h2-3,6,10,13H,4-5,7-8H2,1H3. The molecule has 92 valence electrons. The van der Waals surface area contributed by atoms with E-state index in [1.54, 1.807) is 7.11 Å². The van der Waals surface area contributed by atoms with Crippen molar-refractivity contribution in [2.24, 2.45) is 0 Å². The van der Waals surface area contributed by atoms with E-state index in [2.05, 4.69) is 39.0 Å². The molecular weight excluding hydrogens is 282 g/mol. The zero-order chi connectivity index (χ0) is 11.8. The second kappa shape index (κ2) is 4.59. The molecule has 1 fully saturated rings. The maximum atomic E-state index is 5.61. The molecule has 1 aromatic rings. The summed E-state index contributed by atoms with van der Waals surface area (Å²) in [4.78, 5) is 2.46. The second-order valence-corrected chi connectivity index (χ2v) is 5.50. The maximum Gasteiger partial charge on any atom is 0.0861 e. The topological polar surface area (TPSA) is 21.7 Å². The first-order valence-electron chi connectivity index (χ1n) is 5.96. The number of morpholine rings is 1. The van der Waals surface area contributed by atoms with Crippen LogP contribution in [-0.2, 0) is 9.47 Å². The highest BCUT2D eigenvalue weighted by atomic mass is 79.9. The fourth-order valence-corrected chi connectivity index (χ4v) is 3.15. The molecule has 1 saturated heterocycles. The number of halogens is 1. The Hall–Kier alpha value is -0.580. The molecule has 3 nitrogen and oxygen atoms in total. The fourth-order valence-electron chi connectivity index (χ4n) is 2.80. The van der Waals surface area contributed by atoms with Gasteiger partial charge in [0.1, 0.15) is 0 Å². The normalized spacial score (nSPS) is 27.5. The average Bonchev–Trinajstić information content (AvgIpc) is 2.37. The number of rotatable bonds is 1. The van der Waals surface area contributed by atoms with E-state index in [0.717, 1.165) is 30.7 Å². The highest BCUT2D eigenvalue weighted by molar-refractivity contribution is 9.10. The Labute approximate surface area is 110 Å². The van der Waals surface area contributed by atoms with Crippen LogP contribution in [0.3, 0.4) is 0 Å². The van der Waals surface area contributed by atoms with Crippen LogP contribution in [0.5, 0.6) is 0 Å². The molecule has 0 radical (unpaired) electrons. The van der Waals surface area contributed by atoms with Crippen LogP contribution in [0.4, 0.5) is 5.69 Å². The number of benzene rings is 1. The lowest BCUT2D eigenvalue weighted by molar-refractivity contribution is 0.0403. The molecule has 3 rings (SSSR count). The van der Waals surface area contributed by atoms with Crippen LogP contribution in [-0.4, -0.2) is 32.9 Å². The number of hydrogen-bond acceptors (Lipinski definition) is 3. The number of ether oxygens (including phenoxy) is 2. The number of fused-ring (bicyclic) bond motifs is 3. The minimum Gasteiger partial charge on any atom is -0.377 e. The van der Waals surface area contributed by atoms with E-state index in [1.807, 2.05) is 0 Å². The predicted octanol–water partition coefficient (Wildman–Crippen LogP) is 2.75. The van der Waals surface area contributed by atoms with Crippen molar-refractivity contribution in [1.29, 1.82) is 0 Å². The highest BCUT2D eigenvalue weighted by Crippen LogP contribution is 2.40. The van der Waals surface area contributed by atoms with Gasteiger partial charge in [0.2, 0.25) is 0 Å². The number of nitrogens with zero attached hydrogens (tertiary/aromatic N) is 1. The number of anilines is 1.